The highest BCUT2D eigenvalue weighted by molar-refractivity contribution is 7.99. The number of aryl methyl sites for hydroxylation is 1. The Hall–Kier alpha value is -3.07. The fourth-order valence-electron chi connectivity index (χ4n) is 3.41. The van der Waals surface area contributed by atoms with Crippen LogP contribution in [0, 0.1) is 12.7 Å². The van der Waals surface area contributed by atoms with Crippen LogP contribution in [0.5, 0.6) is 0 Å². The van der Waals surface area contributed by atoms with Gasteiger partial charge in [0.25, 0.3) is 5.91 Å². The molecule has 1 amide bonds. The number of halogens is 4. The molecule has 0 radical (unpaired) electrons. The lowest BCUT2D eigenvalue weighted by molar-refractivity contribution is -0.137. The van der Waals surface area contributed by atoms with Gasteiger partial charge in [0, 0.05) is 20.1 Å². The van der Waals surface area contributed by atoms with E-state index in [0.29, 0.717) is 39.8 Å². The summed E-state index contributed by atoms with van der Waals surface area (Å²) in [5, 5.41) is 3.39. The number of hydrogen-bond donors (Lipinski definition) is 1. The molecule has 1 N–H and O–H groups in total. The maximum atomic E-state index is 13.4. The summed E-state index contributed by atoms with van der Waals surface area (Å²) in [6.07, 6.45) is -4.37. The van der Waals surface area contributed by atoms with Crippen LogP contribution in [0.15, 0.2) is 59.6 Å². The van der Waals surface area contributed by atoms with E-state index in [1.807, 2.05) is 18.7 Å². The number of aromatic nitrogens is 1. The van der Waals surface area contributed by atoms with Gasteiger partial charge < -0.3 is 10.2 Å². The summed E-state index contributed by atoms with van der Waals surface area (Å²) in [5.74, 6) is 0.632. The van der Waals surface area contributed by atoms with E-state index in [9.17, 15) is 22.4 Å². The van der Waals surface area contributed by atoms with Crippen molar-refractivity contribution in [3.63, 3.8) is 0 Å². The summed E-state index contributed by atoms with van der Waals surface area (Å²) in [6, 6.07) is 12.8. The van der Waals surface area contributed by atoms with Crippen LogP contribution < -0.4 is 10.2 Å². The topological polar surface area (TPSA) is 45.2 Å². The number of nitrogens with one attached hydrogen (secondary N) is 1. The van der Waals surface area contributed by atoms with Crippen molar-refractivity contribution in [3.05, 3.63) is 88.2 Å². The molecule has 1 aromatic heterocycles. The second-order valence-corrected chi connectivity index (χ2v) is 9.03. The Morgan fingerprint density at radius 3 is 2.41 bits per heavy atom. The second kappa shape index (κ2) is 10.9. The van der Waals surface area contributed by atoms with Crippen LogP contribution in [0.1, 0.15) is 39.5 Å². The van der Waals surface area contributed by atoms with Crippen molar-refractivity contribution in [2.45, 2.75) is 38.1 Å². The van der Waals surface area contributed by atoms with Crippen LogP contribution in [0.25, 0.3) is 0 Å². The molecule has 180 valence electrons. The molecule has 0 saturated heterocycles. The monoisotopic (exact) mass is 491 g/mol. The highest BCUT2D eigenvalue weighted by Gasteiger charge is 2.30. The average Bonchev–Trinajstić information content (AvgIpc) is 2.77. The Balaban J connectivity index is 1.78. The smallest absolute Gasteiger partial charge is 0.355 e. The van der Waals surface area contributed by atoms with Gasteiger partial charge in [-0.1, -0.05) is 31.2 Å². The molecule has 0 aliphatic rings. The fourth-order valence-corrected chi connectivity index (χ4v) is 4.24. The predicted octanol–water partition coefficient (Wildman–Crippen LogP) is 6.23. The van der Waals surface area contributed by atoms with Crippen molar-refractivity contribution in [2.75, 3.05) is 17.7 Å². The summed E-state index contributed by atoms with van der Waals surface area (Å²) < 4.78 is 51.8. The molecule has 0 atom stereocenters. The van der Waals surface area contributed by atoms with E-state index in [2.05, 4.69) is 10.3 Å². The Kier molecular flexibility index (Phi) is 8.19. The number of carbonyl (C=O) groups is 1. The van der Waals surface area contributed by atoms with Gasteiger partial charge in [-0.15, -0.1) is 11.8 Å². The van der Waals surface area contributed by atoms with E-state index in [-0.39, 0.29) is 18.3 Å². The standard InChI is InChI=1S/C25H25F4N3OS/c1-4-34-24-22(23(33)30-14-18-6-5-7-20(26)13-18)16(2)12-21(31-24)32(3)15-17-8-10-19(11-9-17)25(27,28)29/h5-13H,4,14-15H2,1-3H3,(H,30,33). The third-order valence-electron chi connectivity index (χ3n) is 5.11. The van der Waals surface area contributed by atoms with Crippen molar-refractivity contribution >= 4 is 23.5 Å². The van der Waals surface area contributed by atoms with Gasteiger partial charge in [0.05, 0.1) is 11.1 Å². The average molecular weight is 492 g/mol. The first-order chi connectivity index (χ1) is 16.1. The fraction of sp³-hybridized carbons (Fsp3) is 0.280. The number of amides is 1. The van der Waals surface area contributed by atoms with E-state index in [4.69, 9.17) is 0 Å². The number of nitrogens with zero attached hydrogens (tertiary/aromatic N) is 2. The number of pyridine rings is 1. The zero-order valence-corrected chi connectivity index (χ0v) is 19.9. The van der Waals surface area contributed by atoms with E-state index in [1.54, 1.807) is 25.2 Å². The first-order valence-electron chi connectivity index (χ1n) is 10.6. The quantitative estimate of drug-likeness (QED) is 0.300. The summed E-state index contributed by atoms with van der Waals surface area (Å²) in [6.45, 7) is 4.30. The minimum Gasteiger partial charge on any atom is -0.355 e. The van der Waals surface area contributed by atoms with Gasteiger partial charge in [-0.3, -0.25) is 4.79 Å². The molecule has 0 aliphatic heterocycles. The van der Waals surface area contributed by atoms with E-state index < -0.39 is 11.7 Å². The maximum absolute atomic E-state index is 13.4. The molecular formula is C25H25F4N3OS. The molecule has 0 fully saturated rings. The number of rotatable bonds is 8. The lowest BCUT2D eigenvalue weighted by Crippen LogP contribution is -2.26. The summed E-state index contributed by atoms with van der Waals surface area (Å²) in [7, 11) is 1.80. The normalized spacial score (nSPS) is 11.4. The lowest BCUT2D eigenvalue weighted by atomic mass is 10.1. The first-order valence-corrected chi connectivity index (χ1v) is 11.6. The summed E-state index contributed by atoms with van der Waals surface area (Å²) in [5.41, 5.74) is 1.84. The molecule has 0 saturated carbocycles. The van der Waals surface area contributed by atoms with Crippen LogP contribution in [0.4, 0.5) is 23.4 Å². The third kappa shape index (κ3) is 6.50. The largest absolute Gasteiger partial charge is 0.416 e. The molecule has 2 aromatic carbocycles. The van der Waals surface area contributed by atoms with Crippen LogP contribution in [-0.2, 0) is 19.3 Å². The molecule has 3 aromatic rings. The Morgan fingerprint density at radius 2 is 1.79 bits per heavy atom. The van der Waals surface area contributed by atoms with E-state index in [0.717, 1.165) is 17.7 Å². The van der Waals surface area contributed by atoms with Gasteiger partial charge in [0.1, 0.15) is 16.7 Å². The number of benzene rings is 2. The summed E-state index contributed by atoms with van der Waals surface area (Å²) >= 11 is 1.43. The van der Waals surface area contributed by atoms with Crippen LogP contribution in [0.3, 0.4) is 0 Å². The molecule has 4 nitrogen and oxygen atoms in total. The van der Waals surface area contributed by atoms with Crippen molar-refractivity contribution < 1.29 is 22.4 Å². The SMILES string of the molecule is CCSc1nc(N(C)Cc2ccc(C(F)(F)F)cc2)cc(C)c1C(=O)NCc1cccc(F)c1. The molecule has 0 aliphatic carbocycles. The van der Waals surface area contributed by atoms with Gasteiger partial charge in [-0.2, -0.15) is 13.2 Å². The van der Waals surface area contributed by atoms with Crippen LogP contribution in [0.2, 0.25) is 0 Å². The number of carbonyl (C=O) groups excluding carboxylic acids is 1. The van der Waals surface area contributed by atoms with E-state index in [1.165, 1.54) is 36.0 Å². The number of hydrogen-bond acceptors (Lipinski definition) is 4. The minimum atomic E-state index is -4.37. The number of alkyl halides is 3. The summed E-state index contributed by atoms with van der Waals surface area (Å²) in [4.78, 5) is 19.4. The second-order valence-electron chi connectivity index (χ2n) is 7.77. The minimum absolute atomic E-state index is 0.182. The van der Waals surface area contributed by atoms with Crippen molar-refractivity contribution in [1.29, 1.82) is 0 Å². The van der Waals surface area contributed by atoms with Gasteiger partial charge in [-0.05, 0) is 59.7 Å². The Bertz CT molecular complexity index is 1150. The molecule has 0 bridgehead atoms. The molecule has 0 spiro atoms. The zero-order chi connectivity index (χ0) is 24.9. The molecule has 0 unspecified atom stereocenters. The van der Waals surface area contributed by atoms with E-state index >= 15 is 0 Å². The van der Waals surface area contributed by atoms with Gasteiger partial charge >= 0.3 is 6.18 Å². The van der Waals surface area contributed by atoms with Crippen molar-refractivity contribution in [1.82, 2.24) is 10.3 Å². The van der Waals surface area contributed by atoms with Gasteiger partial charge in [-0.25, -0.2) is 9.37 Å². The molecule has 3 rings (SSSR count). The zero-order valence-electron chi connectivity index (χ0n) is 19.0. The molecular weight excluding hydrogens is 466 g/mol. The number of anilines is 1. The Labute approximate surface area is 200 Å². The van der Waals surface area contributed by atoms with Crippen LogP contribution in [-0.4, -0.2) is 23.7 Å². The Morgan fingerprint density at radius 1 is 1.09 bits per heavy atom. The van der Waals surface area contributed by atoms with Crippen LogP contribution >= 0.6 is 11.8 Å². The predicted molar refractivity (Wildman–Crippen MR) is 126 cm³/mol. The molecule has 34 heavy (non-hydrogen) atoms. The first kappa shape index (κ1) is 25.6. The highest BCUT2D eigenvalue weighted by atomic mass is 32.2. The lowest BCUT2D eigenvalue weighted by Gasteiger charge is -2.21. The molecule has 1 heterocycles. The van der Waals surface area contributed by atoms with Crippen molar-refractivity contribution in [3.8, 4) is 0 Å². The van der Waals surface area contributed by atoms with Crippen molar-refractivity contribution in [2.24, 2.45) is 0 Å². The third-order valence-corrected chi connectivity index (χ3v) is 5.97. The van der Waals surface area contributed by atoms with Gasteiger partial charge in [0.15, 0.2) is 0 Å². The van der Waals surface area contributed by atoms with Gasteiger partial charge in [0.2, 0.25) is 0 Å². The molecule has 9 heteroatoms. The number of thioether (sulfide) groups is 1. The maximum Gasteiger partial charge on any atom is 0.416 e. The highest BCUT2D eigenvalue weighted by Crippen LogP contribution is 2.30.